The van der Waals surface area contributed by atoms with Crippen molar-refractivity contribution in [2.45, 2.75) is 45.7 Å². The van der Waals surface area contributed by atoms with Gasteiger partial charge in [0, 0.05) is 56.5 Å². The average molecular weight is 451 g/mol. The number of aryl methyl sites for hydroxylation is 2. The molecule has 0 amide bonds. The molecule has 0 aliphatic carbocycles. The van der Waals surface area contributed by atoms with Crippen molar-refractivity contribution >= 4 is 0 Å². The lowest BCUT2D eigenvalue weighted by molar-refractivity contribution is 0.0812. The van der Waals surface area contributed by atoms with E-state index in [2.05, 4.69) is 52.9 Å². The summed E-state index contributed by atoms with van der Waals surface area (Å²) in [6, 6.07) is 14.7. The molecule has 0 saturated carbocycles. The van der Waals surface area contributed by atoms with Crippen LogP contribution in [0.1, 0.15) is 37.2 Å². The van der Waals surface area contributed by atoms with Crippen LogP contribution in [-0.4, -0.2) is 52.0 Å². The number of nitrogens with zero attached hydrogens (tertiary/aromatic N) is 4. The Labute approximate surface area is 195 Å². The molecule has 1 aliphatic heterocycles. The highest BCUT2D eigenvalue weighted by molar-refractivity contribution is 5.59. The zero-order chi connectivity index (χ0) is 23.2. The first-order chi connectivity index (χ1) is 16.0. The summed E-state index contributed by atoms with van der Waals surface area (Å²) < 4.78 is 26.8. The van der Waals surface area contributed by atoms with Crippen LogP contribution in [0.5, 0.6) is 0 Å². The topological polar surface area (TPSA) is 32.3 Å². The molecule has 6 heteroatoms. The average Bonchev–Trinajstić information content (AvgIpc) is 2.80. The summed E-state index contributed by atoms with van der Waals surface area (Å²) >= 11 is 0. The van der Waals surface area contributed by atoms with E-state index in [0.717, 1.165) is 62.3 Å². The first-order valence-corrected chi connectivity index (χ1v) is 11.8. The van der Waals surface area contributed by atoms with Gasteiger partial charge in [0.05, 0.1) is 5.69 Å². The molecule has 1 aromatic heterocycles. The molecule has 3 aromatic rings. The van der Waals surface area contributed by atoms with E-state index < -0.39 is 11.6 Å². The number of hydrogen-bond acceptors (Lipinski definition) is 4. The van der Waals surface area contributed by atoms with E-state index in [1.165, 1.54) is 17.7 Å². The van der Waals surface area contributed by atoms with Crippen molar-refractivity contribution in [1.82, 2.24) is 19.8 Å². The van der Waals surface area contributed by atoms with E-state index in [-0.39, 0.29) is 0 Å². The van der Waals surface area contributed by atoms with Crippen molar-refractivity contribution < 1.29 is 8.78 Å². The molecule has 4 nitrogen and oxygen atoms in total. The highest BCUT2D eigenvalue weighted by Crippen LogP contribution is 2.21. The van der Waals surface area contributed by atoms with Gasteiger partial charge in [0.2, 0.25) is 0 Å². The summed E-state index contributed by atoms with van der Waals surface area (Å²) in [5.41, 5.74) is 3.94. The normalized spacial score (nSPS) is 17.4. The maximum atomic E-state index is 13.4. The van der Waals surface area contributed by atoms with Crippen LogP contribution in [0.25, 0.3) is 11.3 Å². The number of likely N-dealkylation sites (N-methyl/N-ethyl adjacent to an activating group) is 1. The van der Waals surface area contributed by atoms with Crippen LogP contribution in [0.15, 0.2) is 54.7 Å². The SMILES string of the molecule is CCN1CCN(Cc2cccc(-c3ccnc(CCCc4cc(F)cc(F)c4)n3)c2)[C@@H](C)C1. The lowest BCUT2D eigenvalue weighted by Crippen LogP contribution is -2.51. The highest BCUT2D eigenvalue weighted by Gasteiger charge is 2.22. The second kappa shape index (κ2) is 10.9. The zero-order valence-corrected chi connectivity index (χ0v) is 19.5. The third-order valence-electron chi connectivity index (χ3n) is 6.40. The Bertz CT molecular complexity index is 1050. The van der Waals surface area contributed by atoms with Gasteiger partial charge in [-0.3, -0.25) is 4.90 Å². The van der Waals surface area contributed by atoms with Crippen LogP contribution >= 0.6 is 0 Å². The molecule has 2 heterocycles. The molecular weight excluding hydrogens is 418 g/mol. The number of hydrogen-bond donors (Lipinski definition) is 0. The van der Waals surface area contributed by atoms with Crippen molar-refractivity contribution in [2.75, 3.05) is 26.2 Å². The Morgan fingerprint density at radius 1 is 0.970 bits per heavy atom. The van der Waals surface area contributed by atoms with Gasteiger partial charge in [-0.15, -0.1) is 0 Å². The molecule has 0 bridgehead atoms. The maximum Gasteiger partial charge on any atom is 0.128 e. The minimum absolute atomic E-state index is 0.537. The van der Waals surface area contributed by atoms with E-state index in [4.69, 9.17) is 4.98 Å². The Balaban J connectivity index is 1.38. The van der Waals surface area contributed by atoms with E-state index in [9.17, 15) is 8.78 Å². The minimum Gasteiger partial charge on any atom is -0.301 e. The van der Waals surface area contributed by atoms with Crippen molar-refractivity contribution in [3.63, 3.8) is 0 Å². The fourth-order valence-corrected chi connectivity index (χ4v) is 4.54. The van der Waals surface area contributed by atoms with Crippen molar-refractivity contribution in [1.29, 1.82) is 0 Å². The van der Waals surface area contributed by atoms with Gasteiger partial charge in [-0.2, -0.15) is 0 Å². The third-order valence-corrected chi connectivity index (χ3v) is 6.40. The predicted molar refractivity (Wildman–Crippen MR) is 128 cm³/mol. The smallest absolute Gasteiger partial charge is 0.128 e. The predicted octanol–water partition coefficient (Wildman–Crippen LogP) is 5.12. The molecule has 1 saturated heterocycles. The fourth-order valence-electron chi connectivity index (χ4n) is 4.54. The molecule has 1 aliphatic rings. The van der Waals surface area contributed by atoms with Gasteiger partial charge in [0.25, 0.3) is 0 Å². The highest BCUT2D eigenvalue weighted by atomic mass is 19.1. The first-order valence-electron chi connectivity index (χ1n) is 11.8. The first kappa shape index (κ1) is 23.5. The molecule has 0 spiro atoms. The van der Waals surface area contributed by atoms with Crippen LogP contribution < -0.4 is 0 Å². The van der Waals surface area contributed by atoms with Crippen LogP contribution in [-0.2, 0) is 19.4 Å². The van der Waals surface area contributed by atoms with Crippen LogP contribution in [0.4, 0.5) is 8.78 Å². The largest absolute Gasteiger partial charge is 0.301 e. The Morgan fingerprint density at radius 2 is 1.79 bits per heavy atom. The maximum absolute atomic E-state index is 13.4. The van der Waals surface area contributed by atoms with Gasteiger partial charge in [-0.1, -0.05) is 25.1 Å². The third kappa shape index (κ3) is 6.42. The van der Waals surface area contributed by atoms with Crippen LogP contribution in [0.3, 0.4) is 0 Å². The second-order valence-electron chi connectivity index (χ2n) is 8.90. The quantitative estimate of drug-likeness (QED) is 0.477. The number of piperazine rings is 1. The van der Waals surface area contributed by atoms with Crippen molar-refractivity contribution in [3.05, 3.63) is 83.3 Å². The van der Waals surface area contributed by atoms with Gasteiger partial charge in [-0.05, 0) is 61.7 Å². The Hall–Kier alpha value is -2.70. The van der Waals surface area contributed by atoms with Crippen molar-refractivity contribution in [2.24, 2.45) is 0 Å². The van der Waals surface area contributed by atoms with E-state index in [1.807, 2.05) is 6.07 Å². The zero-order valence-electron chi connectivity index (χ0n) is 19.5. The van der Waals surface area contributed by atoms with Crippen molar-refractivity contribution in [3.8, 4) is 11.3 Å². The summed E-state index contributed by atoms with van der Waals surface area (Å²) in [6.45, 7) is 9.92. The summed E-state index contributed by atoms with van der Waals surface area (Å²) in [7, 11) is 0. The second-order valence-corrected chi connectivity index (χ2v) is 8.90. The Kier molecular flexibility index (Phi) is 7.78. The molecular formula is C27H32F2N4. The van der Waals surface area contributed by atoms with Gasteiger partial charge < -0.3 is 4.90 Å². The summed E-state index contributed by atoms with van der Waals surface area (Å²) in [5.74, 6) is -0.325. The van der Waals surface area contributed by atoms with Gasteiger partial charge in [0.1, 0.15) is 17.5 Å². The van der Waals surface area contributed by atoms with Gasteiger partial charge >= 0.3 is 0 Å². The number of aromatic nitrogens is 2. The van der Waals surface area contributed by atoms with Crippen LogP contribution in [0.2, 0.25) is 0 Å². The van der Waals surface area contributed by atoms with Gasteiger partial charge in [-0.25, -0.2) is 18.7 Å². The minimum atomic E-state index is -0.537. The molecule has 4 rings (SSSR count). The lowest BCUT2D eigenvalue weighted by Gasteiger charge is -2.39. The van der Waals surface area contributed by atoms with Crippen LogP contribution in [0, 0.1) is 11.6 Å². The standard InChI is InChI=1S/C27H32F2N4/c1-3-32-12-13-33(20(2)18-32)19-22-7-4-8-23(14-22)26-10-11-30-27(31-26)9-5-6-21-15-24(28)17-25(29)16-21/h4,7-8,10-11,14-17,20H,3,5-6,9,12-13,18-19H2,1-2H3/t20-/m0/s1. The molecule has 174 valence electrons. The Morgan fingerprint density at radius 3 is 2.55 bits per heavy atom. The molecule has 0 unspecified atom stereocenters. The number of halogens is 2. The number of rotatable bonds is 8. The molecule has 0 radical (unpaired) electrons. The molecule has 2 aromatic carbocycles. The van der Waals surface area contributed by atoms with Gasteiger partial charge in [0.15, 0.2) is 0 Å². The van der Waals surface area contributed by atoms with E-state index in [1.54, 1.807) is 6.20 Å². The lowest BCUT2D eigenvalue weighted by atomic mass is 10.1. The summed E-state index contributed by atoms with van der Waals surface area (Å²) in [5, 5.41) is 0. The van der Waals surface area contributed by atoms with E-state index in [0.29, 0.717) is 24.4 Å². The van der Waals surface area contributed by atoms with E-state index >= 15 is 0 Å². The summed E-state index contributed by atoms with van der Waals surface area (Å²) in [6.07, 6.45) is 3.76. The number of benzene rings is 2. The molecule has 0 N–H and O–H groups in total. The summed E-state index contributed by atoms with van der Waals surface area (Å²) in [4.78, 5) is 14.2. The fraction of sp³-hybridized carbons (Fsp3) is 0.407. The molecule has 1 fully saturated rings. The molecule has 33 heavy (non-hydrogen) atoms. The monoisotopic (exact) mass is 450 g/mol. The molecule has 1 atom stereocenters.